The van der Waals surface area contributed by atoms with Gasteiger partial charge >= 0.3 is 5.97 Å². The Bertz CT molecular complexity index is 448. The smallest absolute Gasteiger partial charge is 0.328 e. The summed E-state index contributed by atoms with van der Waals surface area (Å²) in [6.45, 7) is 4.41. The summed E-state index contributed by atoms with van der Waals surface area (Å²) in [5.41, 5.74) is 2.05. The molecule has 0 heterocycles. The molecule has 2 atom stereocenters. The van der Waals surface area contributed by atoms with Crippen LogP contribution in [0.15, 0.2) is 30.3 Å². The van der Waals surface area contributed by atoms with Crippen molar-refractivity contribution in [3.8, 4) is 0 Å². The van der Waals surface area contributed by atoms with Crippen molar-refractivity contribution in [3.05, 3.63) is 41.5 Å². The largest absolute Gasteiger partial charge is 0.478 e. The monoisotopic (exact) mass is 290 g/mol. The third-order valence-electron chi connectivity index (χ3n) is 3.82. The summed E-state index contributed by atoms with van der Waals surface area (Å²) < 4.78 is 5.71. The van der Waals surface area contributed by atoms with Crippen molar-refractivity contribution in [1.29, 1.82) is 0 Å². The summed E-state index contributed by atoms with van der Waals surface area (Å²) in [6.07, 6.45) is 7.55. The van der Waals surface area contributed by atoms with Crippen molar-refractivity contribution < 1.29 is 14.6 Å². The van der Waals surface area contributed by atoms with Gasteiger partial charge in [0.05, 0.1) is 6.10 Å². The predicted molar refractivity (Wildman–Crippen MR) is 86.2 cm³/mol. The lowest BCUT2D eigenvalue weighted by atomic mass is 9.88. The van der Waals surface area contributed by atoms with Gasteiger partial charge in [0.2, 0.25) is 0 Å². The van der Waals surface area contributed by atoms with Crippen LogP contribution in [0.5, 0.6) is 0 Å². The number of hydrogen-bond acceptors (Lipinski definition) is 2. The lowest BCUT2D eigenvalue weighted by Crippen LogP contribution is -2.14. The van der Waals surface area contributed by atoms with Gasteiger partial charge in [0, 0.05) is 13.2 Å². The highest BCUT2D eigenvalue weighted by Crippen LogP contribution is 2.31. The second-order valence-corrected chi connectivity index (χ2v) is 5.31. The van der Waals surface area contributed by atoms with Crippen LogP contribution in [0.2, 0.25) is 0 Å². The number of carboxylic acid groups (broad SMARTS) is 1. The summed E-state index contributed by atoms with van der Waals surface area (Å²) in [7, 11) is 1.76. The number of methoxy groups -OCH3 is 1. The second kappa shape index (κ2) is 9.35. The Hall–Kier alpha value is -1.61. The third kappa shape index (κ3) is 5.72. The van der Waals surface area contributed by atoms with E-state index in [2.05, 4.69) is 13.8 Å². The molecule has 0 aliphatic carbocycles. The molecule has 1 rings (SSSR count). The molecule has 116 valence electrons. The van der Waals surface area contributed by atoms with Gasteiger partial charge in [-0.15, -0.1) is 0 Å². The zero-order chi connectivity index (χ0) is 15.7. The van der Waals surface area contributed by atoms with E-state index in [-0.39, 0.29) is 6.10 Å². The van der Waals surface area contributed by atoms with E-state index in [1.54, 1.807) is 13.2 Å². The maximum atomic E-state index is 10.5. The normalized spacial score (nSPS) is 14.2. The van der Waals surface area contributed by atoms with Gasteiger partial charge in [-0.05, 0) is 29.5 Å². The molecule has 0 saturated heterocycles. The van der Waals surface area contributed by atoms with Gasteiger partial charge in [0.25, 0.3) is 0 Å². The Labute approximate surface area is 127 Å². The van der Waals surface area contributed by atoms with Crippen LogP contribution in [0.1, 0.15) is 56.8 Å². The lowest BCUT2D eigenvalue weighted by Gasteiger charge is -2.25. The molecular weight excluding hydrogens is 264 g/mol. The maximum Gasteiger partial charge on any atom is 0.328 e. The third-order valence-corrected chi connectivity index (χ3v) is 3.82. The number of carbonyl (C=O) groups is 1. The van der Waals surface area contributed by atoms with Crippen molar-refractivity contribution in [2.45, 2.75) is 45.6 Å². The zero-order valence-corrected chi connectivity index (χ0v) is 13.2. The quantitative estimate of drug-likeness (QED) is 0.671. The van der Waals surface area contributed by atoms with Crippen molar-refractivity contribution in [3.63, 3.8) is 0 Å². The number of rotatable bonds is 9. The van der Waals surface area contributed by atoms with Gasteiger partial charge in [0.1, 0.15) is 0 Å². The highest BCUT2D eigenvalue weighted by atomic mass is 16.5. The second-order valence-electron chi connectivity index (χ2n) is 5.31. The van der Waals surface area contributed by atoms with Crippen LogP contribution >= 0.6 is 0 Å². The standard InChI is InChI=1S/C18H26O3/c1-4-6-7-15(5-2)18(21-3)16-11-8-14(9-12-16)10-13-17(19)20/h8-13,15,18H,4-7H2,1-3H3,(H,19,20). The highest BCUT2D eigenvalue weighted by Gasteiger charge is 2.20. The first-order chi connectivity index (χ1) is 10.1. The first-order valence-electron chi connectivity index (χ1n) is 7.66. The predicted octanol–water partition coefficient (Wildman–Crippen LogP) is 4.69. The van der Waals surface area contributed by atoms with Crippen molar-refractivity contribution in [1.82, 2.24) is 0 Å². The molecule has 0 bridgehead atoms. The number of ether oxygens (including phenoxy) is 1. The molecule has 1 N–H and O–H groups in total. The number of aliphatic carboxylic acids is 1. The molecule has 1 aromatic rings. The maximum absolute atomic E-state index is 10.5. The van der Waals surface area contributed by atoms with Crippen LogP contribution in [-0.4, -0.2) is 18.2 Å². The molecule has 2 unspecified atom stereocenters. The van der Waals surface area contributed by atoms with Gasteiger partial charge in [-0.2, -0.15) is 0 Å². The number of hydrogen-bond donors (Lipinski definition) is 1. The molecule has 21 heavy (non-hydrogen) atoms. The first kappa shape index (κ1) is 17.4. The molecule has 0 aliphatic heterocycles. The fraction of sp³-hybridized carbons (Fsp3) is 0.500. The Morgan fingerprint density at radius 3 is 2.43 bits per heavy atom. The van der Waals surface area contributed by atoms with Gasteiger partial charge in [-0.3, -0.25) is 0 Å². The number of carboxylic acids is 1. The first-order valence-corrected chi connectivity index (χ1v) is 7.66. The van der Waals surface area contributed by atoms with Crippen molar-refractivity contribution in [2.75, 3.05) is 7.11 Å². The van der Waals surface area contributed by atoms with Crippen molar-refractivity contribution in [2.24, 2.45) is 5.92 Å². The molecule has 0 amide bonds. The molecule has 0 aromatic heterocycles. The summed E-state index contributed by atoms with van der Waals surface area (Å²) >= 11 is 0. The zero-order valence-electron chi connectivity index (χ0n) is 13.2. The van der Waals surface area contributed by atoms with Gasteiger partial charge in [-0.1, -0.05) is 57.4 Å². The lowest BCUT2D eigenvalue weighted by molar-refractivity contribution is -0.131. The fourth-order valence-corrected chi connectivity index (χ4v) is 2.60. The minimum Gasteiger partial charge on any atom is -0.478 e. The van der Waals surface area contributed by atoms with E-state index in [0.717, 1.165) is 23.6 Å². The molecule has 0 aliphatic rings. The SMILES string of the molecule is CCCCC(CC)C(OC)c1ccc(C=CC(=O)O)cc1. The van der Waals surface area contributed by atoms with E-state index < -0.39 is 5.97 Å². The molecule has 0 fully saturated rings. The molecule has 3 nitrogen and oxygen atoms in total. The van der Waals surface area contributed by atoms with Gasteiger partial charge < -0.3 is 9.84 Å². The number of unbranched alkanes of at least 4 members (excludes halogenated alkanes) is 1. The van der Waals surface area contributed by atoms with Crippen molar-refractivity contribution >= 4 is 12.0 Å². The van der Waals surface area contributed by atoms with E-state index in [1.165, 1.54) is 19.3 Å². The van der Waals surface area contributed by atoms with E-state index in [9.17, 15) is 4.79 Å². The van der Waals surface area contributed by atoms with Crippen LogP contribution in [0, 0.1) is 5.92 Å². The average molecular weight is 290 g/mol. The molecule has 0 radical (unpaired) electrons. The highest BCUT2D eigenvalue weighted by molar-refractivity contribution is 5.85. The summed E-state index contributed by atoms with van der Waals surface area (Å²) in [4.78, 5) is 10.5. The van der Waals surface area contributed by atoms with Crippen LogP contribution in [0.3, 0.4) is 0 Å². The molecular formula is C18H26O3. The van der Waals surface area contributed by atoms with Gasteiger partial charge in [-0.25, -0.2) is 4.79 Å². The molecule has 1 aromatic carbocycles. The van der Waals surface area contributed by atoms with E-state index >= 15 is 0 Å². The van der Waals surface area contributed by atoms with Crippen LogP contribution in [0.25, 0.3) is 6.08 Å². The molecule has 0 saturated carbocycles. The van der Waals surface area contributed by atoms with Crippen LogP contribution in [-0.2, 0) is 9.53 Å². The fourth-order valence-electron chi connectivity index (χ4n) is 2.60. The summed E-state index contributed by atoms with van der Waals surface area (Å²) in [5, 5.41) is 8.64. The Balaban J connectivity index is 2.83. The summed E-state index contributed by atoms with van der Waals surface area (Å²) in [6, 6.07) is 7.94. The minimum atomic E-state index is -0.931. The Morgan fingerprint density at radius 1 is 1.29 bits per heavy atom. The van der Waals surface area contributed by atoms with E-state index in [0.29, 0.717) is 5.92 Å². The minimum absolute atomic E-state index is 0.110. The van der Waals surface area contributed by atoms with Crippen LogP contribution in [0.4, 0.5) is 0 Å². The molecule has 0 spiro atoms. The topological polar surface area (TPSA) is 46.5 Å². The van der Waals surface area contributed by atoms with E-state index in [1.807, 2.05) is 24.3 Å². The average Bonchev–Trinajstić information content (AvgIpc) is 2.50. The Kier molecular flexibility index (Phi) is 7.76. The van der Waals surface area contributed by atoms with Gasteiger partial charge in [0.15, 0.2) is 0 Å². The van der Waals surface area contributed by atoms with E-state index in [4.69, 9.17) is 9.84 Å². The molecule has 3 heteroatoms. The summed E-state index contributed by atoms with van der Waals surface area (Å²) in [5.74, 6) is -0.408. The number of benzene rings is 1. The van der Waals surface area contributed by atoms with Crippen LogP contribution < -0.4 is 0 Å². The Morgan fingerprint density at radius 2 is 1.95 bits per heavy atom.